The molecule has 1 heterocycles. The Labute approximate surface area is 147 Å². The van der Waals surface area contributed by atoms with Crippen LogP contribution in [0, 0.1) is 0 Å². The molecule has 6 nitrogen and oxygen atoms in total. The number of nitrogens with one attached hydrogen (secondary N) is 1. The summed E-state index contributed by atoms with van der Waals surface area (Å²) in [7, 11) is 0. The van der Waals surface area contributed by atoms with Crippen LogP contribution in [0.4, 0.5) is 5.69 Å². The Balaban J connectivity index is 1.98. The summed E-state index contributed by atoms with van der Waals surface area (Å²) in [5.41, 5.74) is 1.41. The van der Waals surface area contributed by atoms with Gasteiger partial charge in [-0.05, 0) is 50.2 Å². The zero-order chi connectivity index (χ0) is 18.2. The molecule has 0 aliphatic carbocycles. The molecule has 0 radical (unpaired) electrons. The number of amides is 2. The molecule has 2 rings (SSSR count). The van der Waals surface area contributed by atoms with Crippen LogP contribution in [0.5, 0.6) is 5.75 Å². The number of benzene rings is 1. The van der Waals surface area contributed by atoms with E-state index in [0.717, 1.165) is 11.4 Å². The summed E-state index contributed by atoms with van der Waals surface area (Å²) in [6, 6.07) is 12.6. The fourth-order valence-electron chi connectivity index (χ4n) is 2.25. The molecule has 6 heteroatoms. The van der Waals surface area contributed by atoms with E-state index in [4.69, 9.17) is 4.74 Å². The van der Waals surface area contributed by atoms with Gasteiger partial charge in [-0.1, -0.05) is 6.07 Å². The van der Waals surface area contributed by atoms with Crippen molar-refractivity contribution in [1.29, 1.82) is 0 Å². The average molecular weight is 341 g/mol. The molecule has 0 saturated carbocycles. The Morgan fingerprint density at radius 3 is 2.44 bits per heavy atom. The van der Waals surface area contributed by atoms with Gasteiger partial charge in [0.1, 0.15) is 12.3 Å². The predicted molar refractivity (Wildman–Crippen MR) is 96.3 cm³/mol. The van der Waals surface area contributed by atoms with E-state index in [0.29, 0.717) is 12.2 Å². The lowest BCUT2D eigenvalue weighted by Gasteiger charge is -2.21. The van der Waals surface area contributed by atoms with Gasteiger partial charge in [-0.25, -0.2) is 0 Å². The van der Waals surface area contributed by atoms with E-state index in [1.54, 1.807) is 30.5 Å². The van der Waals surface area contributed by atoms with Crippen molar-refractivity contribution in [1.82, 2.24) is 10.3 Å². The van der Waals surface area contributed by atoms with Gasteiger partial charge >= 0.3 is 0 Å². The Hall–Kier alpha value is -2.89. The van der Waals surface area contributed by atoms with Crippen LogP contribution in [-0.4, -0.2) is 29.4 Å². The fourth-order valence-corrected chi connectivity index (χ4v) is 2.25. The maximum absolute atomic E-state index is 12.2. The normalized spacial score (nSPS) is 10.4. The zero-order valence-corrected chi connectivity index (χ0v) is 14.7. The van der Waals surface area contributed by atoms with Crippen molar-refractivity contribution in [2.24, 2.45) is 0 Å². The lowest BCUT2D eigenvalue weighted by Crippen LogP contribution is -2.39. The molecule has 132 valence electrons. The van der Waals surface area contributed by atoms with E-state index in [1.165, 1.54) is 11.8 Å². The van der Waals surface area contributed by atoms with E-state index in [2.05, 4.69) is 10.3 Å². The predicted octanol–water partition coefficient (Wildman–Crippen LogP) is 2.54. The molecule has 0 unspecified atom stereocenters. The molecule has 2 aromatic rings. The number of carbonyl (C=O) groups excluding carboxylic acids is 2. The van der Waals surface area contributed by atoms with Crippen molar-refractivity contribution in [3.63, 3.8) is 0 Å². The van der Waals surface area contributed by atoms with Gasteiger partial charge in [0.05, 0.1) is 18.3 Å². The first-order valence-electron chi connectivity index (χ1n) is 8.17. The smallest absolute Gasteiger partial charge is 0.240 e. The number of rotatable bonds is 7. The minimum absolute atomic E-state index is 0.0491. The second-order valence-corrected chi connectivity index (χ2v) is 5.86. The molecule has 1 aromatic heterocycles. The van der Waals surface area contributed by atoms with Crippen LogP contribution in [0.15, 0.2) is 48.7 Å². The summed E-state index contributed by atoms with van der Waals surface area (Å²) in [5, 5.41) is 2.77. The molecular formula is C19H23N3O3. The molecule has 0 aliphatic heterocycles. The Morgan fingerprint density at radius 2 is 1.88 bits per heavy atom. The van der Waals surface area contributed by atoms with Gasteiger partial charge in [0.15, 0.2) is 0 Å². The Morgan fingerprint density at radius 1 is 1.16 bits per heavy atom. The van der Waals surface area contributed by atoms with E-state index < -0.39 is 0 Å². The summed E-state index contributed by atoms with van der Waals surface area (Å²) in [5.74, 6) is 0.274. The molecule has 0 atom stereocenters. The van der Waals surface area contributed by atoms with Crippen LogP contribution in [-0.2, 0) is 16.1 Å². The number of aromatic nitrogens is 1. The number of hydrogen-bond acceptors (Lipinski definition) is 4. The number of ether oxygens (including phenoxy) is 1. The minimum Gasteiger partial charge on any atom is -0.491 e. The Bertz CT molecular complexity index is 700. The first kappa shape index (κ1) is 18.4. The van der Waals surface area contributed by atoms with E-state index in [9.17, 15) is 9.59 Å². The molecule has 0 bridgehead atoms. The highest BCUT2D eigenvalue weighted by molar-refractivity contribution is 5.97. The van der Waals surface area contributed by atoms with Gasteiger partial charge < -0.3 is 15.0 Å². The molecule has 25 heavy (non-hydrogen) atoms. The van der Waals surface area contributed by atoms with Crippen molar-refractivity contribution >= 4 is 17.5 Å². The van der Waals surface area contributed by atoms with Crippen LogP contribution in [0.3, 0.4) is 0 Å². The van der Waals surface area contributed by atoms with Crippen molar-refractivity contribution in [2.45, 2.75) is 33.4 Å². The molecule has 0 fully saturated rings. The molecule has 0 aliphatic rings. The van der Waals surface area contributed by atoms with Gasteiger partial charge in [-0.3, -0.25) is 14.6 Å². The van der Waals surface area contributed by atoms with Gasteiger partial charge in [0, 0.05) is 18.8 Å². The standard InChI is InChI=1S/C19H23N3O3/c1-14(2)25-18-9-7-17(8-10-18)22(15(3)23)13-19(24)21-12-16-6-4-5-11-20-16/h4-11,14H,12-13H2,1-3H3,(H,21,24). The average Bonchev–Trinajstić information content (AvgIpc) is 2.59. The van der Waals surface area contributed by atoms with Gasteiger partial charge in [0.25, 0.3) is 0 Å². The zero-order valence-electron chi connectivity index (χ0n) is 14.7. The highest BCUT2D eigenvalue weighted by Gasteiger charge is 2.16. The number of pyridine rings is 1. The third-order valence-corrected chi connectivity index (χ3v) is 3.39. The fraction of sp³-hybridized carbons (Fsp3) is 0.316. The van der Waals surface area contributed by atoms with Crippen molar-refractivity contribution in [2.75, 3.05) is 11.4 Å². The molecule has 1 N–H and O–H groups in total. The number of carbonyl (C=O) groups is 2. The second kappa shape index (κ2) is 8.82. The first-order valence-corrected chi connectivity index (χ1v) is 8.17. The third kappa shape index (κ3) is 5.91. The molecule has 0 spiro atoms. The van der Waals surface area contributed by atoms with Crippen LogP contribution >= 0.6 is 0 Å². The largest absolute Gasteiger partial charge is 0.491 e. The molecule has 0 saturated heterocycles. The maximum Gasteiger partial charge on any atom is 0.240 e. The topological polar surface area (TPSA) is 71.5 Å². The first-order chi connectivity index (χ1) is 12.0. The van der Waals surface area contributed by atoms with Crippen molar-refractivity contribution in [3.8, 4) is 5.75 Å². The highest BCUT2D eigenvalue weighted by atomic mass is 16.5. The van der Waals surface area contributed by atoms with Gasteiger partial charge in [-0.2, -0.15) is 0 Å². The molecular weight excluding hydrogens is 318 g/mol. The molecule has 2 amide bonds. The summed E-state index contributed by atoms with van der Waals surface area (Å²) in [6.07, 6.45) is 1.75. The van der Waals surface area contributed by atoms with Crippen LogP contribution in [0.25, 0.3) is 0 Å². The van der Waals surface area contributed by atoms with Crippen LogP contribution in [0.2, 0.25) is 0 Å². The SMILES string of the molecule is CC(=O)N(CC(=O)NCc1ccccn1)c1ccc(OC(C)C)cc1. The second-order valence-electron chi connectivity index (χ2n) is 5.86. The highest BCUT2D eigenvalue weighted by Crippen LogP contribution is 2.20. The summed E-state index contributed by atoms with van der Waals surface area (Å²) in [4.78, 5) is 29.6. The summed E-state index contributed by atoms with van der Waals surface area (Å²) < 4.78 is 5.59. The number of hydrogen-bond donors (Lipinski definition) is 1. The monoisotopic (exact) mass is 341 g/mol. The Kier molecular flexibility index (Phi) is 6.51. The van der Waals surface area contributed by atoms with Gasteiger partial charge in [-0.15, -0.1) is 0 Å². The quantitative estimate of drug-likeness (QED) is 0.840. The van der Waals surface area contributed by atoms with Gasteiger partial charge in [0.2, 0.25) is 11.8 Å². The van der Waals surface area contributed by atoms with Crippen LogP contribution in [0.1, 0.15) is 26.5 Å². The van der Waals surface area contributed by atoms with Crippen molar-refractivity contribution in [3.05, 3.63) is 54.4 Å². The van der Waals surface area contributed by atoms with E-state index in [1.807, 2.05) is 32.0 Å². The summed E-state index contributed by atoms with van der Waals surface area (Å²) >= 11 is 0. The summed E-state index contributed by atoms with van der Waals surface area (Å²) in [6.45, 7) is 5.60. The van der Waals surface area contributed by atoms with Crippen molar-refractivity contribution < 1.29 is 14.3 Å². The lowest BCUT2D eigenvalue weighted by atomic mass is 10.2. The lowest BCUT2D eigenvalue weighted by molar-refractivity contribution is -0.123. The minimum atomic E-state index is -0.247. The van der Waals surface area contributed by atoms with E-state index >= 15 is 0 Å². The van der Waals surface area contributed by atoms with E-state index in [-0.39, 0.29) is 24.5 Å². The van der Waals surface area contributed by atoms with Crippen LogP contribution < -0.4 is 15.0 Å². The number of anilines is 1. The third-order valence-electron chi connectivity index (χ3n) is 3.39. The maximum atomic E-state index is 12.2. The molecule has 1 aromatic carbocycles. The number of nitrogens with zero attached hydrogens (tertiary/aromatic N) is 2.